The number of anilines is 1. The normalized spacial score (nSPS) is 17.3. The molecule has 1 amide bonds. The van der Waals surface area contributed by atoms with E-state index >= 15 is 0 Å². The SMILES string of the molecule is CN(C)CCC1(c2cccc(CCN3Cc4cc(Cl)cc(N)c4C3=O)c2)CC1. The van der Waals surface area contributed by atoms with Gasteiger partial charge in [0.15, 0.2) is 0 Å². The molecule has 1 saturated carbocycles. The highest BCUT2D eigenvalue weighted by Gasteiger charge is 2.43. The van der Waals surface area contributed by atoms with Crippen molar-refractivity contribution in [2.24, 2.45) is 0 Å². The second-order valence-electron chi connectivity index (χ2n) is 8.54. The Balaban J connectivity index is 1.43. The molecule has 2 aromatic carbocycles. The summed E-state index contributed by atoms with van der Waals surface area (Å²) in [5.41, 5.74) is 11.2. The van der Waals surface area contributed by atoms with E-state index in [0.717, 1.165) is 18.5 Å². The Labute approximate surface area is 172 Å². The molecule has 4 rings (SSSR count). The van der Waals surface area contributed by atoms with Gasteiger partial charge in [0.25, 0.3) is 5.91 Å². The number of fused-ring (bicyclic) bond motifs is 1. The summed E-state index contributed by atoms with van der Waals surface area (Å²) in [5, 5.41) is 0.589. The number of nitrogens with zero attached hydrogens (tertiary/aromatic N) is 2. The molecule has 2 N–H and O–H groups in total. The van der Waals surface area contributed by atoms with E-state index in [1.165, 1.54) is 30.4 Å². The van der Waals surface area contributed by atoms with Crippen molar-refractivity contribution in [3.63, 3.8) is 0 Å². The summed E-state index contributed by atoms with van der Waals surface area (Å²) in [6.45, 7) is 2.40. The zero-order valence-corrected chi connectivity index (χ0v) is 17.4. The van der Waals surface area contributed by atoms with Gasteiger partial charge in [0.2, 0.25) is 0 Å². The average molecular weight is 398 g/mol. The molecule has 1 fully saturated rings. The fourth-order valence-electron chi connectivity index (χ4n) is 4.28. The zero-order chi connectivity index (χ0) is 19.9. The summed E-state index contributed by atoms with van der Waals surface area (Å²) in [4.78, 5) is 16.9. The summed E-state index contributed by atoms with van der Waals surface area (Å²) >= 11 is 6.10. The third-order valence-corrected chi connectivity index (χ3v) is 6.40. The van der Waals surface area contributed by atoms with E-state index in [1.54, 1.807) is 6.07 Å². The largest absolute Gasteiger partial charge is 0.398 e. The van der Waals surface area contributed by atoms with Gasteiger partial charge < -0.3 is 15.5 Å². The maximum absolute atomic E-state index is 12.7. The maximum atomic E-state index is 12.7. The van der Waals surface area contributed by atoms with Gasteiger partial charge in [-0.25, -0.2) is 0 Å². The van der Waals surface area contributed by atoms with Crippen LogP contribution >= 0.6 is 11.6 Å². The zero-order valence-electron chi connectivity index (χ0n) is 16.7. The predicted molar refractivity (Wildman–Crippen MR) is 115 cm³/mol. The third-order valence-electron chi connectivity index (χ3n) is 6.18. The van der Waals surface area contributed by atoms with Crippen molar-refractivity contribution < 1.29 is 4.79 Å². The highest BCUT2D eigenvalue weighted by molar-refractivity contribution is 6.31. The minimum atomic E-state index is 0.0185. The smallest absolute Gasteiger partial charge is 0.256 e. The van der Waals surface area contributed by atoms with E-state index in [9.17, 15) is 4.79 Å². The van der Waals surface area contributed by atoms with Gasteiger partial charge in [0, 0.05) is 23.8 Å². The summed E-state index contributed by atoms with van der Waals surface area (Å²) in [7, 11) is 4.27. The van der Waals surface area contributed by atoms with Gasteiger partial charge >= 0.3 is 0 Å². The number of benzene rings is 2. The third kappa shape index (κ3) is 3.76. The molecule has 0 radical (unpaired) electrons. The van der Waals surface area contributed by atoms with E-state index in [0.29, 0.717) is 34.8 Å². The quantitative estimate of drug-likeness (QED) is 0.715. The van der Waals surface area contributed by atoms with Crippen molar-refractivity contribution in [1.82, 2.24) is 9.80 Å². The number of amides is 1. The van der Waals surface area contributed by atoms with Crippen molar-refractivity contribution in [1.29, 1.82) is 0 Å². The lowest BCUT2D eigenvalue weighted by molar-refractivity contribution is 0.0781. The molecule has 4 nitrogen and oxygen atoms in total. The fraction of sp³-hybridized carbons (Fsp3) is 0.435. The number of carbonyl (C=O) groups is 1. The lowest BCUT2D eigenvalue weighted by atomic mass is 9.90. The predicted octanol–water partition coefficient (Wildman–Crippen LogP) is 4.10. The first-order chi connectivity index (χ1) is 13.4. The average Bonchev–Trinajstić information content (AvgIpc) is 3.37. The number of hydrogen-bond donors (Lipinski definition) is 1. The number of carbonyl (C=O) groups excluding carboxylic acids is 1. The number of hydrogen-bond acceptors (Lipinski definition) is 3. The van der Waals surface area contributed by atoms with Gasteiger partial charge in [0.05, 0.1) is 5.56 Å². The molecule has 2 aliphatic rings. The molecule has 5 heteroatoms. The monoisotopic (exact) mass is 397 g/mol. The van der Waals surface area contributed by atoms with Crippen molar-refractivity contribution >= 4 is 23.2 Å². The summed E-state index contributed by atoms with van der Waals surface area (Å²) in [6, 6.07) is 12.5. The van der Waals surface area contributed by atoms with Crippen LogP contribution in [0.15, 0.2) is 36.4 Å². The molecule has 1 aliphatic heterocycles. The molecule has 1 aliphatic carbocycles. The fourth-order valence-corrected chi connectivity index (χ4v) is 4.53. The van der Waals surface area contributed by atoms with Gasteiger partial charge in [0.1, 0.15) is 0 Å². The molecule has 2 aromatic rings. The van der Waals surface area contributed by atoms with E-state index in [-0.39, 0.29) is 5.91 Å². The first-order valence-electron chi connectivity index (χ1n) is 9.99. The lowest BCUT2D eigenvalue weighted by Gasteiger charge is -2.20. The lowest BCUT2D eigenvalue weighted by Crippen LogP contribution is -2.26. The molecule has 148 valence electrons. The number of nitrogen functional groups attached to an aromatic ring is 1. The van der Waals surface area contributed by atoms with E-state index < -0.39 is 0 Å². The Morgan fingerprint density at radius 2 is 2.00 bits per heavy atom. The number of halogens is 1. The molecular weight excluding hydrogens is 370 g/mol. The summed E-state index contributed by atoms with van der Waals surface area (Å²) in [5.74, 6) is 0.0185. The van der Waals surface area contributed by atoms with Crippen LogP contribution in [0.4, 0.5) is 5.69 Å². The van der Waals surface area contributed by atoms with Gasteiger partial charge in [-0.05, 0) is 80.6 Å². The van der Waals surface area contributed by atoms with Crippen LogP contribution in [0.25, 0.3) is 0 Å². The van der Waals surface area contributed by atoms with Crippen LogP contribution in [0, 0.1) is 0 Å². The molecule has 0 aromatic heterocycles. The van der Waals surface area contributed by atoms with Crippen molar-refractivity contribution in [3.8, 4) is 0 Å². The Bertz CT molecular complexity index is 905. The van der Waals surface area contributed by atoms with Crippen LogP contribution in [0.1, 0.15) is 46.3 Å². The highest BCUT2D eigenvalue weighted by Crippen LogP contribution is 2.51. The first-order valence-corrected chi connectivity index (χ1v) is 10.4. The Kier molecular flexibility index (Phi) is 5.11. The summed E-state index contributed by atoms with van der Waals surface area (Å²) < 4.78 is 0. The highest BCUT2D eigenvalue weighted by atomic mass is 35.5. The van der Waals surface area contributed by atoms with Gasteiger partial charge in [-0.3, -0.25) is 4.79 Å². The van der Waals surface area contributed by atoms with Crippen LogP contribution in [-0.2, 0) is 18.4 Å². The second kappa shape index (κ2) is 7.41. The molecule has 0 spiro atoms. The molecule has 0 unspecified atom stereocenters. The van der Waals surface area contributed by atoms with Crippen LogP contribution in [0.3, 0.4) is 0 Å². The van der Waals surface area contributed by atoms with Crippen LogP contribution in [-0.4, -0.2) is 42.9 Å². The Hall–Kier alpha value is -2.04. The van der Waals surface area contributed by atoms with E-state index in [4.69, 9.17) is 17.3 Å². The standard InChI is InChI=1S/C23H28ClN3O/c1-26(2)11-9-23(7-8-23)18-5-3-4-16(12-18)6-10-27-15-17-13-19(24)14-20(25)21(17)22(27)28/h3-5,12-14H,6-11,15,25H2,1-2H3. The Morgan fingerprint density at radius 1 is 1.21 bits per heavy atom. The van der Waals surface area contributed by atoms with Crippen LogP contribution < -0.4 is 5.73 Å². The molecule has 0 bridgehead atoms. The summed E-state index contributed by atoms with van der Waals surface area (Å²) in [6.07, 6.45) is 4.63. The second-order valence-corrected chi connectivity index (χ2v) is 8.98. The van der Waals surface area contributed by atoms with Crippen molar-refractivity contribution in [2.75, 3.05) is 32.9 Å². The molecule has 1 heterocycles. The van der Waals surface area contributed by atoms with E-state index in [2.05, 4.69) is 43.3 Å². The molecule has 0 saturated heterocycles. The van der Waals surface area contributed by atoms with Crippen LogP contribution in [0.5, 0.6) is 0 Å². The first kappa shape index (κ1) is 19.3. The molecule has 0 atom stereocenters. The van der Waals surface area contributed by atoms with Crippen molar-refractivity contribution in [3.05, 3.63) is 63.7 Å². The number of rotatable bonds is 7. The number of nitrogens with two attached hydrogens (primary N) is 1. The van der Waals surface area contributed by atoms with E-state index in [1.807, 2.05) is 11.0 Å². The Morgan fingerprint density at radius 3 is 2.71 bits per heavy atom. The van der Waals surface area contributed by atoms with Crippen LogP contribution in [0.2, 0.25) is 5.02 Å². The maximum Gasteiger partial charge on any atom is 0.256 e. The topological polar surface area (TPSA) is 49.6 Å². The van der Waals surface area contributed by atoms with Gasteiger partial charge in [-0.2, -0.15) is 0 Å². The molecular formula is C23H28ClN3O. The minimum Gasteiger partial charge on any atom is -0.398 e. The van der Waals surface area contributed by atoms with Crippen molar-refractivity contribution in [2.45, 2.75) is 37.6 Å². The van der Waals surface area contributed by atoms with Gasteiger partial charge in [-0.1, -0.05) is 35.9 Å². The van der Waals surface area contributed by atoms with Gasteiger partial charge in [-0.15, -0.1) is 0 Å². The molecule has 28 heavy (non-hydrogen) atoms. The minimum absolute atomic E-state index is 0.0185.